The second-order valence-electron chi connectivity index (χ2n) is 6.15. The van der Waals surface area contributed by atoms with Crippen LogP contribution in [-0.2, 0) is 4.79 Å². The number of rotatable bonds is 3. The van der Waals surface area contributed by atoms with Crippen molar-refractivity contribution in [2.24, 2.45) is 11.0 Å². The Hall–Kier alpha value is -2.44. The number of amides is 1. The van der Waals surface area contributed by atoms with Gasteiger partial charge in [-0.05, 0) is 25.3 Å². The summed E-state index contributed by atoms with van der Waals surface area (Å²) < 4.78 is 0. The standard InChI is InChI=1S/C16H20N4O3/c1-11-9-15(21)17-18-16(11)12-5-6-13(14(10-12)20(22)23)19-7-3-2-4-8-19/h5-6,10-11H,2-4,7-9H2,1H3,(H,17,21). The van der Waals surface area contributed by atoms with Crippen LogP contribution < -0.4 is 10.3 Å². The Morgan fingerprint density at radius 2 is 2.04 bits per heavy atom. The van der Waals surface area contributed by atoms with Crippen molar-refractivity contribution in [2.45, 2.75) is 32.6 Å². The van der Waals surface area contributed by atoms with E-state index in [9.17, 15) is 14.9 Å². The Balaban J connectivity index is 1.96. The lowest BCUT2D eigenvalue weighted by Crippen LogP contribution is -2.32. The van der Waals surface area contributed by atoms with Crippen LogP contribution in [-0.4, -0.2) is 29.6 Å². The maximum absolute atomic E-state index is 11.5. The number of hydrogen-bond acceptors (Lipinski definition) is 5. The maximum Gasteiger partial charge on any atom is 0.293 e. The molecule has 1 N–H and O–H groups in total. The summed E-state index contributed by atoms with van der Waals surface area (Å²) in [6, 6.07) is 5.25. The van der Waals surface area contributed by atoms with Gasteiger partial charge in [-0.15, -0.1) is 0 Å². The van der Waals surface area contributed by atoms with Gasteiger partial charge in [0.2, 0.25) is 5.91 Å². The summed E-state index contributed by atoms with van der Waals surface area (Å²) in [5.74, 6) is -0.176. The number of piperidine rings is 1. The molecule has 0 aliphatic carbocycles. The number of hydrogen-bond donors (Lipinski definition) is 1. The summed E-state index contributed by atoms with van der Waals surface area (Å²) in [6.45, 7) is 3.61. The molecule has 1 aromatic carbocycles. The SMILES string of the molecule is CC1CC(=O)NN=C1c1ccc(N2CCCCC2)c([N+](=O)[O-])c1. The molecule has 1 unspecified atom stereocenters. The van der Waals surface area contributed by atoms with Crippen molar-refractivity contribution < 1.29 is 9.72 Å². The second-order valence-corrected chi connectivity index (χ2v) is 6.15. The molecule has 2 heterocycles. The second kappa shape index (κ2) is 6.36. The largest absolute Gasteiger partial charge is 0.366 e. The molecule has 2 aliphatic heterocycles. The molecule has 1 amide bonds. The van der Waals surface area contributed by atoms with E-state index in [1.807, 2.05) is 19.1 Å². The molecule has 2 aliphatic rings. The first-order valence-corrected chi connectivity index (χ1v) is 7.96. The first-order chi connectivity index (χ1) is 11.1. The van der Waals surface area contributed by atoms with Crippen LogP contribution in [0.2, 0.25) is 0 Å². The first-order valence-electron chi connectivity index (χ1n) is 7.96. The van der Waals surface area contributed by atoms with Crippen LogP contribution in [0.1, 0.15) is 38.2 Å². The molecular formula is C16H20N4O3. The van der Waals surface area contributed by atoms with E-state index in [-0.39, 0.29) is 22.4 Å². The minimum Gasteiger partial charge on any atom is -0.366 e. The van der Waals surface area contributed by atoms with Crippen LogP contribution in [0.5, 0.6) is 0 Å². The van der Waals surface area contributed by atoms with E-state index in [1.54, 1.807) is 6.07 Å². The zero-order chi connectivity index (χ0) is 16.4. The normalized spacial score (nSPS) is 21.6. The Bertz CT molecular complexity index is 665. The topological polar surface area (TPSA) is 87.8 Å². The third-order valence-corrected chi connectivity index (χ3v) is 4.42. The third-order valence-electron chi connectivity index (χ3n) is 4.42. The molecule has 0 spiro atoms. The van der Waals surface area contributed by atoms with Crippen molar-refractivity contribution >= 4 is 23.0 Å². The minimum atomic E-state index is -0.333. The Labute approximate surface area is 134 Å². The number of nitrogens with zero attached hydrogens (tertiary/aromatic N) is 3. The number of nitro benzene ring substituents is 1. The predicted octanol–water partition coefficient (Wildman–Crippen LogP) is 2.45. The highest BCUT2D eigenvalue weighted by molar-refractivity contribution is 6.06. The lowest BCUT2D eigenvalue weighted by Gasteiger charge is -2.28. The van der Waals surface area contributed by atoms with Gasteiger partial charge in [0, 0.05) is 37.1 Å². The lowest BCUT2D eigenvalue weighted by atomic mass is 9.93. The molecule has 122 valence electrons. The molecule has 3 rings (SSSR count). The number of carbonyl (C=O) groups excluding carboxylic acids is 1. The van der Waals surface area contributed by atoms with Crippen molar-refractivity contribution in [3.63, 3.8) is 0 Å². The third kappa shape index (κ3) is 3.18. The highest BCUT2D eigenvalue weighted by atomic mass is 16.6. The number of nitrogens with one attached hydrogen (secondary N) is 1. The van der Waals surface area contributed by atoms with Gasteiger partial charge in [-0.1, -0.05) is 13.0 Å². The Kier molecular flexibility index (Phi) is 4.27. The van der Waals surface area contributed by atoms with E-state index in [4.69, 9.17) is 0 Å². The number of benzene rings is 1. The molecule has 0 aromatic heterocycles. The van der Waals surface area contributed by atoms with Gasteiger partial charge in [-0.3, -0.25) is 14.9 Å². The van der Waals surface area contributed by atoms with E-state index in [1.165, 1.54) is 6.42 Å². The van der Waals surface area contributed by atoms with Crippen LogP contribution in [0.15, 0.2) is 23.3 Å². The average Bonchev–Trinajstić information content (AvgIpc) is 2.55. The Morgan fingerprint density at radius 1 is 1.30 bits per heavy atom. The van der Waals surface area contributed by atoms with Crippen LogP contribution in [0, 0.1) is 16.0 Å². The van der Waals surface area contributed by atoms with E-state index >= 15 is 0 Å². The van der Waals surface area contributed by atoms with Gasteiger partial charge in [0.15, 0.2) is 0 Å². The van der Waals surface area contributed by atoms with Gasteiger partial charge >= 0.3 is 0 Å². The number of anilines is 1. The Morgan fingerprint density at radius 3 is 2.70 bits per heavy atom. The van der Waals surface area contributed by atoms with E-state index in [2.05, 4.69) is 15.4 Å². The number of nitro groups is 1. The van der Waals surface area contributed by atoms with Crippen molar-refractivity contribution in [1.82, 2.24) is 5.43 Å². The molecule has 1 saturated heterocycles. The summed E-state index contributed by atoms with van der Waals surface area (Å²) in [7, 11) is 0. The summed E-state index contributed by atoms with van der Waals surface area (Å²) in [5, 5.41) is 15.6. The van der Waals surface area contributed by atoms with Crippen LogP contribution in [0.25, 0.3) is 0 Å². The highest BCUT2D eigenvalue weighted by Crippen LogP contribution is 2.32. The van der Waals surface area contributed by atoms with Crippen molar-refractivity contribution in [3.8, 4) is 0 Å². The first kappa shape index (κ1) is 15.5. The van der Waals surface area contributed by atoms with Crippen molar-refractivity contribution in [2.75, 3.05) is 18.0 Å². The molecule has 0 bridgehead atoms. The summed E-state index contributed by atoms with van der Waals surface area (Å²) >= 11 is 0. The number of hydrazone groups is 1. The van der Waals surface area contributed by atoms with Gasteiger partial charge in [0.05, 0.1) is 10.6 Å². The maximum atomic E-state index is 11.5. The van der Waals surface area contributed by atoms with Gasteiger partial charge in [-0.2, -0.15) is 5.10 Å². The van der Waals surface area contributed by atoms with Crippen LogP contribution >= 0.6 is 0 Å². The van der Waals surface area contributed by atoms with E-state index in [0.717, 1.165) is 25.9 Å². The molecular weight excluding hydrogens is 296 g/mol. The molecule has 1 atom stereocenters. The van der Waals surface area contributed by atoms with E-state index < -0.39 is 0 Å². The molecule has 7 heteroatoms. The van der Waals surface area contributed by atoms with Crippen LogP contribution in [0.4, 0.5) is 11.4 Å². The number of carbonyl (C=O) groups is 1. The van der Waals surface area contributed by atoms with Crippen molar-refractivity contribution in [3.05, 3.63) is 33.9 Å². The molecule has 1 fully saturated rings. The van der Waals surface area contributed by atoms with Gasteiger partial charge in [0.1, 0.15) is 5.69 Å². The molecule has 0 radical (unpaired) electrons. The smallest absolute Gasteiger partial charge is 0.293 e. The fourth-order valence-corrected chi connectivity index (χ4v) is 3.23. The fourth-order valence-electron chi connectivity index (χ4n) is 3.23. The average molecular weight is 316 g/mol. The zero-order valence-electron chi connectivity index (χ0n) is 13.1. The van der Waals surface area contributed by atoms with Crippen molar-refractivity contribution in [1.29, 1.82) is 0 Å². The monoisotopic (exact) mass is 316 g/mol. The summed E-state index contributed by atoms with van der Waals surface area (Å²) in [6.07, 6.45) is 3.65. The van der Waals surface area contributed by atoms with Gasteiger partial charge in [0.25, 0.3) is 5.69 Å². The summed E-state index contributed by atoms with van der Waals surface area (Å²) in [5.41, 5.74) is 4.63. The quantitative estimate of drug-likeness (QED) is 0.685. The molecule has 0 saturated carbocycles. The fraction of sp³-hybridized carbons (Fsp3) is 0.500. The lowest BCUT2D eigenvalue weighted by molar-refractivity contribution is -0.384. The minimum absolute atomic E-state index is 0.0517. The molecule has 1 aromatic rings. The van der Waals surface area contributed by atoms with E-state index in [0.29, 0.717) is 23.4 Å². The van der Waals surface area contributed by atoms with Gasteiger partial charge < -0.3 is 4.90 Å². The predicted molar refractivity (Wildman–Crippen MR) is 87.6 cm³/mol. The summed E-state index contributed by atoms with van der Waals surface area (Å²) in [4.78, 5) is 24.6. The molecule has 23 heavy (non-hydrogen) atoms. The zero-order valence-corrected chi connectivity index (χ0v) is 13.1. The van der Waals surface area contributed by atoms with Gasteiger partial charge in [-0.25, -0.2) is 5.43 Å². The van der Waals surface area contributed by atoms with Crippen LogP contribution in [0.3, 0.4) is 0 Å². The molecule has 7 nitrogen and oxygen atoms in total. The highest BCUT2D eigenvalue weighted by Gasteiger charge is 2.26.